The zero-order chi connectivity index (χ0) is 17.2. The molecule has 0 aliphatic carbocycles. The Kier molecular flexibility index (Phi) is 4.54. The standard InChI is InChI=1S/C17H20N2O4/c1-5-17(3,16(21)22)19-15(20)13-8-11-6-7-12(23-4)9-14(11)18-10(13)2/h6-9H,5H2,1-4H3,(H,19,20)(H,21,22). The summed E-state index contributed by atoms with van der Waals surface area (Å²) in [5.41, 5.74) is 0.309. The fourth-order valence-corrected chi connectivity index (χ4v) is 2.21. The molecule has 0 aliphatic heterocycles. The van der Waals surface area contributed by atoms with Crippen LogP contribution in [0.4, 0.5) is 0 Å². The number of amides is 1. The molecule has 1 aromatic carbocycles. The first kappa shape index (κ1) is 16.7. The van der Waals surface area contributed by atoms with Crippen molar-refractivity contribution in [3.8, 4) is 5.75 Å². The van der Waals surface area contributed by atoms with Gasteiger partial charge < -0.3 is 15.2 Å². The summed E-state index contributed by atoms with van der Waals surface area (Å²) in [5, 5.41) is 12.7. The Morgan fingerprint density at radius 1 is 1.35 bits per heavy atom. The lowest BCUT2D eigenvalue weighted by Gasteiger charge is -2.25. The molecular formula is C17H20N2O4. The highest BCUT2D eigenvalue weighted by molar-refractivity contribution is 6.01. The number of nitrogens with zero attached hydrogens (tertiary/aromatic N) is 1. The van der Waals surface area contributed by atoms with Crippen LogP contribution in [0, 0.1) is 6.92 Å². The first-order valence-corrected chi connectivity index (χ1v) is 7.32. The normalized spacial score (nSPS) is 13.4. The zero-order valence-electron chi connectivity index (χ0n) is 13.6. The topological polar surface area (TPSA) is 88.5 Å². The highest BCUT2D eigenvalue weighted by Crippen LogP contribution is 2.22. The van der Waals surface area contributed by atoms with Crippen molar-refractivity contribution >= 4 is 22.8 Å². The number of carboxylic acid groups (broad SMARTS) is 1. The second-order valence-corrected chi connectivity index (χ2v) is 5.62. The Bertz CT molecular complexity index is 773. The highest BCUT2D eigenvalue weighted by Gasteiger charge is 2.33. The van der Waals surface area contributed by atoms with E-state index >= 15 is 0 Å². The monoisotopic (exact) mass is 316 g/mol. The molecule has 0 aliphatic rings. The fourth-order valence-electron chi connectivity index (χ4n) is 2.21. The number of ether oxygens (including phenoxy) is 1. The van der Waals surface area contributed by atoms with Gasteiger partial charge in [-0.05, 0) is 38.5 Å². The zero-order valence-corrected chi connectivity index (χ0v) is 13.6. The minimum atomic E-state index is -1.31. The lowest BCUT2D eigenvalue weighted by molar-refractivity contribution is -0.143. The molecular weight excluding hydrogens is 296 g/mol. The second-order valence-electron chi connectivity index (χ2n) is 5.62. The van der Waals surface area contributed by atoms with Crippen molar-refractivity contribution in [1.82, 2.24) is 10.3 Å². The molecule has 2 N–H and O–H groups in total. The van der Waals surface area contributed by atoms with E-state index in [4.69, 9.17) is 4.74 Å². The number of hydrogen-bond acceptors (Lipinski definition) is 4. The van der Waals surface area contributed by atoms with Gasteiger partial charge in [-0.25, -0.2) is 4.79 Å². The van der Waals surface area contributed by atoms with Gasteiger partial charge in [-0.3, -0.25) is 9.78 Å². The van der Waals surface area contributed by atoms with Crippen LogP contribution < -0.4 is 10.1 Å². The van der Waals surface area contributed by atoms with Gasteiger partial charge in [0, 0.05) is 11.5 Å². The molecule has 1 atom stereocenters. The smallest absolute Gasteiger partial charge is 0.329 e. The van der Waals surface area contributed by atoms with E-state index in [2.05, 4.69) is 10.3 Å². The van der Waals surface area contributed by atoms with Gasteiger partial charge >= 0.3 is 5.97 Å². The molecule has 6 heteroatoms. The lowest BCUT2D eigenvalue weighted by atomic mass is 9.98. The average molecular weight is 316 g/mol. The van der Waals surface area contributed by atoms with Gasteiger partial charge in [-0.1, -0.05) is 6.92 Å². The third-order valence-electron chi connectivity index (χ3n) is 4.03. The van der Waals surface area contributed by atoms with E-state index in [0.717, 1.165) is 10.9 Å². The molecule has 2 rings (SSSR count). The molecule has 6 nitrogen and oxygen atoms in total. The first-order valence-electron chi connectivity index (χ1n) is 7.32. The Morgan fingerprint density at radius 3 is 2.61 bits per heavy atom. The van der Waals surface area contributed by atoms with E-state index in [-0.39, 0.29) is 6.42 Å². The summed E-state index contributed by atoms with van der Waals surface area (Å²) in [5.74, 6) is -0.824. The van der Waals surface area contributed by atoms with Crippen LogP contribution in [0.5, 0.6) is 5.75 Å². The molecule has 1 aromatic heterocycles. The summed E-state index contributed by atoms with van der Waals surface area (Å²) in [6.07, 6.45) is 0.283. The van der Waals surface area contributed by atoms with Crippen molar-refractivity contribution in [3.63, 3.8) is 0 Å². The number of nitrogens with one attached hydrogen (secondary N) is 1. The molecule has 0 spiro atoms. The number of methoxy groups -OCH3 is 1. The summed E-state index contributed by atoms with van der Waals surface area (Å²) in [6, 6.07) is 7.10. The molecule has 0 saturated heterocycles. The predicted molar refractivity (Wildman–Crippen MR) is 86.8 cm³/mol. The van der Waals surface area contributed by atoms with E-state index in [1.807, 2.05) is 6.07 Å². The number of aliphatic carboxylic acids is 1. The van der Waals surface area contributed by atoms with Crippen molar-refractivity contribution in [3.05, 3.63) is 35.5 Å². The molecule has 122 valence electrons. The third kappa shape index (κ3) is 3.26. The maximum atomic E-state index is 12.5. The third-order valence-corrected chi connectivity index (χ3v) is 4.03. The van der Waals surface area contributed by atoms with Crippen LogP contribution in [-0.4, -0.2) is 34.6 Å². The van der Waals surface area contributed by atoms with Gasteiger partial charge in [0.2, 0.25) is 0 Å². The molecule has 0 saturated carbocycles. The molecule has 23 heavy (non-hydrogen) atoms. The molecule has 2 aromatic rings. The predicted octanol–water partition coefficient (Wildman–Crippen LogP) is 2.53. The number of hydrogen-bond donors (Lipinski definition) is 2. The summed E-state index contributed by atoms with van der Waals surface area (Å²) in [4.78, 5) is 28.2. The lowest BCUT2D eigenvalue weighted by Crippen LogP contribution is -2.51. The van der Waals surface area contributed by atoms with Gasteiger partial charge in [0.05, 0.1) is 23.9 Å². The van der Waals surface area contributed by atoms with E-state index in [1.165, 1.54) is 6.92 Å². The maximum absolute atomic E-state index is 12.5. The Labute approximate surface area is 134 Å². The van der Waals surface area contributed by atoms with Crippen molar-refractivity contribution in [2.24, 2.45) is 0 Å². The number of carbonyl (C=O) groups excluding carboxylic acids is 1. The Hall–Kier alpha value is -2.63. The maximum Gasteiger partial charge on any atom is 0.329 e. The summed E-state index contributed by atoms with van der Waals surface area (Å²) in [7, 11) is 1.58. The Morgan fingerprint density at radius 2 is 2.04 bits per heavy atom. The second kappa shape index (κ2) is 6.24. The number of benzene rings is 1. The largest absolute Gasteiger partial charge is 0.497 e. The summed E-state index contributed by atoms with van der Waals surface area (Å²) in [6.45, 7) is 4.92. The number of fused-ring (bicyclic) bond motifs is 1. The van der Waals surface area contributed by atoms with Crippen LogP contribution in [0.1, 0.15) is 36.3 Å². The number of carbonyl (C=O) groups is 2. The van der Waals surface area contributed by atoms with E-state index < -0.39 is 17.4 Å². The molecule has 1 heterocycles. The van der Waals surface area contributed by atoms with Crippen molar-refractivity contribution in [1.29, 1.82) is 0 Å². The number of carboxylic acids is 1. The number of rotatable bonds is 5. The highest BCUT2D eigenvalue weighted by atomic mass is 16.5. The van der Waals surface area contributed by atoms with Gasteiger partial charge in [0.25, 0.3) is 5.91 Å². The van der Waals surface area contributed by atoms with Crippen molar-refractivity contribution < 1.29 is 19.4 Å². The molecule has 1 amide bonds. The van der Waals surface area contributed by atoms with E-state index in [0.29, 0.717) is 17.0 Å². The molecule has 0 fully saturated rings. The molecule has 0 radical (unpaired) electrons. The SMILES string of the molecule is CCC(C)(NC(=O)c1cc2ccc(OC)cc2nc1C)C(=O)O. The van der Waals surface area contributed by atoms with Gasteiger partial charge in [0.1, 0.15) is 11.3 Å². The fraction of sp³-hybridized carbons (Fsp3) is 0.353. The minimum absolute atomic E-state index is 0.283. The van der Waals surface area contributed by atoms with Crippen LogP contribution in [0.3, 0.4) is 0 Å². The number of aromatic nitrogens is 1. The van der Waals surface area contributed by atoms with Gasteiger partial charge in [-0.2, -0.15) is 0 Å². The number of pyridine rings is 1. The summed E-state index contributed by atoms with van der Waals surface area (Å²) < 4.78 is 5.16. The Balaban J connectivity index is 2.41. The van der Waals surface area contributed by atoms with E-state index in [9.17, 15) is 14.7 Å². The van der Waals surface area contributed by atoms with Crippen molar-refractivity contribution in [2.45, 2.75) is 32.7 Å². The van der Waals surface area contributed by atoms with Crippen LogP contribution in [0.25, 0.3) is 10.9 Å². The number of aryl methyl sites for hydroxylation is 1. The van der Waals surface area contributed by atoms with Crippen LogP contribution in [0.2, 0.25) is 0 Å². The minimum Gasteiger partial charge on any atom is -0.497 e. The molecule has 1 unspecified atom stereocenters. The average Bonchev–Trinajstić information content (AvgIpc) is 2.53. The molecule has 0 bridgehead atoms. The van der Waals surface area contributed by atoms with Gasteiger partial charge in [0.15, 0.2) is 0 Å². The van der Waals surface area contributed by atoms with Crippen molar-refractivity contribution in [2.75, 3.05) is 7.11 Å². The van der Waals surface area contributed by atoms with Crippen LogP contribution in [-0.2, 0) is 4.79 Å². The van der Waals surface area contributed by atoms with Crippen LogP contribution in [0.15, 0.2) is 24.3 Å². The first-order chi connectivity index (χ1) is 10.8. The summed E-state index contributed by atoms with van der Waals surface area (Å²) >= 11 is 0. The van der Waals surface area contributed by atoms with E-state index in [1.54, 1.807) is 39.2 Å². The quantitative estimate of drug-likeness (QED) is 0.885. The van der Waals surface area contributed by atoms with Gasteiger partial charge in [-0.15, -0.1) is 0 Å². The van der Waals surface area contributed by atoms with Crippen LogP contribution >= 0.6 is 0 Å².